The smallest absolute Gasteiger partial charge is 0.0724 e. The molecule has 0 unspecified atom stereocenters. The van der Waals surface area contributed by atoms with Gasteiger partial charge >= 0.3 is 0 Å². The van der Waals surface area contributed by atoms with Crippen molar-refractivity contribution < 1.29 is 10.2 Å². The highest BCUT2D eigenvalue weighted by Gasteiger charge is 2.61. The van der Waals surface area contributed by atoms with Crippen molar-refractivity contribution >= 4 is 0 Å². The number of fused-ring (bicyclic) bond motifs is 5. The topological polar surface area (TPSA) is 40.5 Å². The van der Waals surface area contributed by atoms with E-state index in [0.29, 0.717) is 23.2 Å². The van der Waals surface area contributed by atoms with Gasteiger partial charge in [0.05, 0.1) is 12.2 Å². The minimum atomic E-state index is -0.293. The average molecular weight is 403 g/mol. The Kier molecular flexibility index (Phi) is 6.01. The first kappa shape index (κ1) is 21.9. The van der Waals surface area contributed by atoms with Crippen molar-refractivity contribution in [2.45, 2.75) is 111 Å². The van der Waals surface area contributed by atoms with Crippen molar-refractivity contribution in [1.82, 2.24) is 0 Å². The maximum atomic E-state index is 11.3. The Morgan fingerprint density at radius 1 is 0.966 bits per heavy atom. The minimum Gasteiger partial charge on any atom is -0.392 e. The van der Waals surface area contributed by atoms with Crippen LogP contribution in [-0.4, -0.2) is 22.4 Å². The summed E-state index contributed by atoms with van der Waals surface area (Å²) in [6.07, 6.45) is 13.8. The molecule has 2 heteroatoms. The summed E-state index contributed by atoms with van der Waals surface area (Å²) in [6.45, 7) is 12.3. The fourth-order valence-corrected chi connectivity index (χ4v) is 8.70. The highest BCUT2D eigenvalue weighted by Crippen LogP contribution is 2.67. The van der Waals surface area contributed by atoms with E-state index in [1.165, 1.54) is 50.5 Å². The molecule has 0 aliphatic heterocycles. The van der Waals surface area contributed by atoms with Gasteiger partial charge < -0.3 is 10.2 Å². The van der Waals surface area contributed by atoms with Crippen LogP contribution in [0.5, 0.6) is 0 Å². The van der Waals surface area contributed by atoms with E-state index in [1.54, 1.807) is 0 Å². The molecule has 3 saturated carbocycles. The molecule has 0 spiro atoms. The lowest BCUT2D eigenvalue weighted by Crippen LogP contribution is -2.55. The zero-order valence-electron chi connectivity index (χ0n) is 19.7. The summed E-state index contributed by atoms with van der Waals surface area (Å²) in [7, 11) is 0. The van der Waals surface area contributed by atoms with Crippen LogP contribution in [-0.2, 0) is 0 Å². The van der Waals surface area contributed by atoms with Gasteiger partial charge in [-0.05, 0) is 91.3 Å². The van der Waals surface area contributed by atoms with Crippen molar-refractivity contribution in [2.75, 3.05) is 0 Å². The monoisotopic (exact) mass is 402 g/mol. The Labute approximate surface area is 179 Å². The third-order valence-corrected chi connectivity index (χ3v) is 10.3. The third kappa shape index (κ3) is 3.65. The van der Waals surface area contributed by atoms with E-state index in [-0.39, 0.29) is 17.6 Å². The molecule has 3 fully saturated rings. The molecular weight excluding hydrogens is 356 g/mol. The number of hydrogen-bond donors (Lipinski definition) is 2. The highest BCUT2D eigenvalue weighted by atomic mass is 16.3. The maximum Gasteiger partial charge on any atom is 0.0724 e. The summed E-state index contributed by atoms with van der Waals surface area (Å²) in [4.78, 5) is 0. The van der Waals surface area contributed by atoms with Crippen molar-refractivity contribution in [3.8, 4) is 0 Å². The number of rotatable bonds is 5. The van der Waals surface area contributed by atoms with Crippen LogP contribution in [0.2, 0.25) is 0 Å². The molecule has 166 valence electrons. The summed E-state index contributed by atoms with van der Waals surface area (Å²) in [5, 5.41) is 21.5. The average Bonchev–Trinajstić information content (AvgIpc) is 3.00. The van der Waals surface area contributed by atoms with Gasteiger partial charge in [-0.2, -0.15) is 0 Å². The molecule has 4 aliphatic rings. The second-order valence-corrected chi connectivity index (χ2v) is 12.3. The van der Waals surface area contributed by atoms with Crippen LogP contribution < -0.4 is 0 Å². The van der Waals surface area contributed by atoms with Crippen LogP contribution in [0.1, 0.15) is 98.8 Å². The summed E-state index contributed by atoms with van der Waals surface area (Å²) in [6, 6.07) is 0. The summed E-state index contributed by atoms with van der Waals surface area (Å²) < 4.78 is 0. The largest absolute Gasteiger partial charge is 0.392 e. The Hall–Kier alpha value is -0.340. The number of hydrogen-bond acceptors (Lipinski definition) is 2. The molecule has 0 aromatic heterocycles. The van der Waals surface area contributed by atoms with Crippen LogP contribution in [0.15, 0.2) is 11.6 Å². The molecule has 0 saturated heterocycles. The lowest BCUT2D eigenvalue weighted by Gasteiger charge is -2.60. The normalized spacial score (nSPS) is 47.9. The van der Waals surface area contributed by atoms with Gasteiger partial charge in [0.1, 0.15) is 0 Å². The predicted molar refractivity (Wildman–Crippen MR) is 120 cm³/mol. The van der Waals surface area contributed by atoms with E-state index in [4.69, 9.17) is 0 Å². The zero-order valence-corrected chi connectivity index (χ0v) is 19.7. The molecule has 9 atom stereocenters. The van der Waals surface area contributed by atoms with Gasteiger partial charge in [-0.1, -0.05) is 65.5 Å². The quantitative estimate of drug-likeness (QED) is 0.525. The molecule has 2 nitrogen and oxygen atoms in total. The van der Waals surface area contributed by atoms with Crippen molar-refractivity contribution in [3.63, 3.8) is 0 Å². The predicted octanol–water partition coefficient (Wildman–Crippen LogP) is 6.36. The molecule has 4 rings (SSSR count). The van der Waals surface area contributed by atoms with Gasteiger partial charge in [0.25, 0.3) is 0 Å². The van der Waals surface area contributed by atoms with Gasteiger partial charge in [0.15, 0.2) is 0 Å². The Balaban J connectivity index is 1.53. The molecule has 0 amide bonds. The van der Waals surface area contributed by atoms with E-state index in [1.807, 2.05) is 0 Å². The Morgan fingerprint density at radius 2 is 1.72 bits per heavy atom. The first-order valence-corrected chi connectivity index (χ1v) is 12.7. The van der Waals surface area contributed by atoms with Gasteiger partial charge in [-0.25, -0.2) is 0 Å². The van der Waals surface area contributed by atoms with Crippen LogP contribution in [0.3, 0.4) is 0 Å². The first-order chi connectivity index (χ1) is 13.7. The molecule has 0 heterocycles. The van der Waals surface area contributed by atoms with E-state index in [9.17, 15) is 10.2 Å². The van der Waals surface area contributed by atoms with Crippen LogP contribution >= 0.6 is 0 Å². The Morgan fingerprint density at radius 3 is 2.45 bits per heavy atom. The molecule has 29 heavy (non-hydrogen) atoms. The van der Waals surface area contributed by atoms with Crippen molar-refractivity contribution in [1.29, 1.82) is 0 Å². The summed E-state index contributed by atoms with van der Waals surface area (Å²) in [5.74, 6) is 4.25. The standard InChI is InChI=1S/C27H46O2/c1-17(2)7-6-8-18(3)21-9-10-22-25-23(12-14-27(21,22)5)26(4)13-11-20(28)15-19(26)16-24(25)29/h15,17-18,20-25,28-29H,6-14,16H2,1-5H3/t18-,20+,21-,22+,23+,24-,25+,26+,27-/m1/s1. The van der Waals surface area contributed by atoms with Crippen LogP contribution in [0.25, 0.3) is 0 Å². The van der Waals surface area contributed by atoms with Crippen molar-refractivity contribution in [2.24, 2.45) is 46.3 Å². The molecular formula is C27H46O2. The lowest BCUT2D eigenvalue weighted by molar-refractivity contribution is -0.115. The van der Waals surface area contributed by atoms with Gasteiger partial charge in [0.2, 0.25) is 0 Å². The molecule has 2 N–H and O–H groups in total. The highest BCUT2D eigenvalue weighted by molar-refractivity contribution is 5.27. The molecule has 0 bridgehead atoms. The zero-order chi connectivity index (χ0) is 21.0. The SMILES string of the molecule is CC(C)CCC[C@@H](C)[C@H]1CC[C@H]2[C@@H]3[C@H](O)CC4=C[C@@H](O)CC[C@]4(C)[C@H]3CC[C@]12C. The first-order valence-electron chi connectivity index (χ1n) is 12.7. The van der Waals surface area contributed by atoms with Crippen molar-refractivity contribution in [3.05, 3.63) is 11.6 Å². The number of aliphatic hydroxyl groups excluding tert-OH is 2. The molecule has 4 aliphatic carbocycles. The Bertz CT molecular complexity index is 624. The fourth-order valence-electron chi connectivity index (χ4n) is 8.70. The van der Waals surface area contributed by atoms with E-state index >= 15 is 0 Å². The number of aliphatic hydroxyl groups is 2. The van der Waals surface area contributed by atoms with E-state index in [0.717, 1.165) is 37.0 Å². The summed E-state index contributed by atoms with van der Waals surface area (Å²) >= 11 is 0. The fraction of sp³-hybridized carbons (Fsp3) is 0.926. The van der Waals surface area contributed by atoms with Gasteiger partial charge in [0, 0.05) is 0 Å². The molecule has 0 aromatic rings. The van der Waals surface area contributed by atoms with Gasteiger partial charge in [-0.15, -0.1) is 0 Å². The lowest BCUT2D eigenvalue weighted by atomic mass is 9.45. The second kappa shape index (κ2) is 7.97. The minimum absolute atomic E-state index is 0.204. The third-order valence-electron chi connectivity index (χ3n) is 10.3. The summed E-state index contributed by atoms with van der Waals surface area (Å²) in [5.41, 5.74) is 2.00. The van der Waals surface area contributed by atoms with E-state index in [2.05, 4.69) is 40.7 Å². The maximum absolute atomic E-state index is 11.3. The van der Waals surface area contributed by atoms with E-state index < -0.39 is 0 Å². The second-order valence-electron chi connectivity index (χ2n) is 12.3. The molecule has 0 aromatic carbocycles. The van der Waals surface area contributed by atoms with Crippen LogP contribution in [0.4, 0.5) is 0 Å². The van der Waals surface area contributed by atoms with Gasteiger partial charge in [-0.3, -0.25) is 0 Å². The van der Waals surface area contributed by atoms with Crippen LogP contribution in [0, 0.1) is 46.3 Å². The molecule has 0 radical (unpaired) electrons.